The fraction of sp³-hybridized carbons (Fsp3) is 0.667. The average molecular weight is 405 g/mol. The van der Waals surface area contributed by atoms with Gasteiger partial charge in [-0.1, -0.05) is 13.8 Å². The molecule has 4 amide bonds. The number of carboxylic acids is 1. The molecule has 154 valence electrons. The molecule has 0 aliphatic carbocycles. The summed E-state index contributed by atoms with van der Waals surface area (Å²) in [6, 6.07) is -3.61. The Bertz CT molecular complexity index is 571. The zero-order valence-electron chi connectivity index (χ0n) is 15.2. The van der Waals surface area contributed by atoms with Gasteiger partial charge >= 0.3 is 5.97 Å². The SMILES string of the molecule is CC(C)CC(NC(=O)C(CS)NC(=O)CN)C(=O)NC(CC(N)=O)C(=O)O. The molecule has 0 saturated heterocycles. The van der Waals surface area contributed by atoms with Crippen molar-refractivity contribution in [1.29, 1.82) is 0 Å². The van der Waals surface area contributed by atoms with E-state index >= 15 is 0 Å². The first-order valence-corrected chi connectivity index (χ1v) is 8.87. The number of nitrogens with two attached hydrogens (primary N) is 2. The second kappa shape index (κ2) is 12.1. The Labute approximate surface area is 162 Å². The highest BCUT2D eigenvalue weighted by Gasteiger charge is 2.30. The summed E-state index contributed by atoms with van der Waals surface area (Å²) in [7, 11) is 0. The molecule has 0 spiro atoms. The smallest absolute Gasteiger partial charge is 0.326 e. The van der Waals surface area contributed by atoms with Gasteiger partial charge in [-0.05, 0) is 12.3 Å². The van der Waals surface area contributed by atoms with Crippen LogP contribution in [0.15, 0.2) is 0 Å². The fourth-order valence-corrected chi connectivity index (χ4v) is 2.35. The molecule has 11 nitrogen and oxygen atoms in total. The first-order valence-electron chi connectivity index (χ1n) is 8.23. The van der Waals surface area contributed by atoms with Crippen LogP contribution >= 0.6 is 12.6 Å². The fourth-order valence-electron chi connectivity index (χ4n) is 2.10. The van der Waals surface area contributed by atoms with Crippen molar-refractivity contribution >= 4 is 42.2 Å². The van der Waals surface area contributed by atoms with Gasteiger partial charge in [0.25, 0.3) is 0 Å². The number of aliphatic carboxylic acids is 1. The quantitative estimate of drug-likeness (QED) is 0.172. The van der Waals surface area contributed by atoms with Crippen molar-refractivity contribution in [3.05, 3.63) is 0 Å². The van der Waals surface area contributed by atoms with Crippen LogP contribution in [0.1, 0.15) is 26.7 Å². The van der Waals surface area contributed by atoms with Gasteiger partial charge in [0.2, 0.25) is 23.6 Å². The van der Waals surface area contributed by atoms with Crippen molar-refractivity contribution in [2.45, 2.75) is 44.8 Å². The highest BCUT2D eigenvalue weighted by Crippen LogP contribution is 2.07. The predicted octanol–water partition coefficient (Wildman–Crippen LogP) is -2.66. The van der Waals surface area contributed by atoms with E-state index in [4.69, 9.17) is 16.6 Å². The maximum atomic E-state index is 12.4. The van der Waals surface area contributed by atoms with Gasteiger partial charge in [0.15, 0.2) is 0 Å². The molecule has 12 heteroatoms. The van der Waals surface area contributed by atoms with Crippen LogP contribution in [0.5, 0.6) is 0 Å². The summed E-state index contributed by atoms with van der Waals surface area (Å²) in [5.74, 6) is -4.40. The van der Waals surface area contributed by atoms with E-state index < -0.39 is 54.1 Å². The number of amides is 4. The molecule has 0 aromatic heterocycles. The molecule has 3 atom stereocenters. The third kappa shape index (κ3) is 9.80. The third-order valence-electron chi connectivity index (χ3n) is 3.38. The van der Waals surface area contributed by atoms with Crippen molar-refractivity contribution in [1.82, 2.24) is 16.0 Å². The topological polar surface area (TPSA) is 194 Å². The number of thiol groups is 1. The van der Waals surface area contributed by atoms with Crippen molar-refractivity contribution in [2.24, 2.45) is 17.4 Å². The largest absolute Gasteiger partial charge is 0.480 e. The maximum Gasteiger partial charge on any atom is 0.326 e. The zero-order valence-corrected chi connectivity index (χ0v) is 16.1. The molecule has 0 saturated carbocycles. The van der Waals surface area contributed by atoms with Gasteiger partial charge in [0, 0.05) is 5.75 Å². The van der Waals surface area contributed by atoms with Crippen molar-refractivity contribution in [3.8, 4) is 0 Å². The van der Waals surface area contributed by atoms with E-state index in [1.165, 1.54) is 0 Å². The first kappa shape index (κ1) is 24.7. The molecule has 0 aliphatic heterocycles. The number of carboxylic acid groups (broad SMARTS) is 1. The van der Waals surface area contributed by atoms with Gasteiger partial charge in [0.05, 0.1) is 13.0 Å². The second-order valence-corrected chi connectivity index (χ2v) is 6.63. The number of hydrogen-bond donors (Lipinski definition) is 7. The molecule has 27 heavy (non-hydrogen) atoms. The van der Waals surface area contributed by atoms with Crippen molar-refractivity contribution in [2.75, 3.05) is 12.3 Å². The Kier molecular flexibility index (Phi) is 11.1. The molecule has 0 heterocycles. The van der Waals surface area contributed by atoms with Crippen LogP contribution in [0, 0.1) is 5.92 Å². The minimum Gasteiger partial charge on any atom is -0.480 e. The van der Waals surface area contributed by atoms with E-state index in [2.05, 4.69) is 28.6 Å². The minimum atomic E-state index is -1.51. The van der Waals surface area contributed by atoms with Crippen LogP contribution in [0.2, 0.25) is 0 Å². The Morgan fingerprint density at radius 1 is 0.963 bits per heavy atom. The number of primary amides is 1. The van der Waals surface area contributed by atoms with Gasteiger partial charge in [-0.15, -0.1) is 0 Å². The lowest BCUT2D eigenvalue weighted by molar-refractivity contribution is -0.143. The molecule has 3 unspecified atom stereocenters. The molecular weight excluding hydrogens is 378 g/mol. The lowest BCUT2D eigenvalue weighted by atomic mass is 10.0. The minimum absolute atomic E-state index is 0.0199. The number of nitrogens with one attached hydrogen (secondary N) is 3. The Balaban J connectivity index is 5.21. The molecule has 0 bridgehead atoms. The van der Waals surface area contributed by atoms with Gasteiger partial charge in [-0.25, -0.2) is 4.79 Å². The van der Waals surface area contributed by atoms with Gasteiger partial charge < -0.3 is 32.5 Å². The Morgan fingerprint density at radius 3 is 1.89 bits per heavy atom. The lowest BCUT2D eigenvalue weighted by Crippen LogP contribution is -2.57. The number of rotatable bonds is 12. The summed E-state index contributed by atoms with van der Waals surface area (Å²) < 4.78 is 0. The van der Waals surface area contributed by atoms with Crippen LogP contribution in [-0.2, 0) is 24.0 Å². The van der Waals surface area contributed by atoms with E-state index in [1.807, 2.05) is 0 Å². The monoisotopic (exact) mass is 405 g/mol. The number of carbonyl (C=O) groups is 5. The molecule has 0 aromatic rings. The first-order chi connectivity index (χ1) is 12.5. The molecule has 0 radical (unpaired) electrons. The van der Waals surface area contributed by atoms with Crippen LogP contribution in [0.4, 0.5) is 0 Å². The average Bonchev–Trinajstić information content (AvgIpc) is 2.56. The zero-order chi connectivity index (χ0) is 21.1. The van der Waals surface area contributed by atoms with Gasteiger partial charge in [-0.2, -0.15) is 12.6 Å². The normalized spacial score (nSPS) is 14.0. The summed E-state index contributed by atoms with van der Waals surface area (Å²) in [5, 5.41) is 16.1. The van der Waals surface area contributed by atoms with E-state index in [0.717, 1.165) is 0 Å². The molecule has 0 fully saturated rings. The molecule has 0 aliphatic rings. The van der Waals surface area contributed by atoms with Gasteiger partial charge in [0.1, 0.15) is 18.1 Å². The molecule has 8 N–H and O–H groups in total. The summed E-state index contributed by atoms with van der Waals surface area (Å²) in [6.45, 7) is 3.29. The van der Waals surface area contributed by atoms with Crippen LogP contribution in [0.3, 0.4) is 0 Å². The summed E-state index contributed by atoms with van der Waals surface area (Å²) in [5.41, 5.74) is 10.2. The third-order valence-corrected chi connectivity index (χ3v) is 3.74. The highest BCUT2D eigenvalue weighted by molar-refractivity contribution is 7.80. The van der Waals surface area contributed by atoms with Crippen molar-refractivity contribution in [3.63, 3.8) is 0 Å². The Hall–Kier alpha value is -2.34. The van der Waals surface area contributed by atoms with E-state index in [9.17, 15) is 24.0 Å². The van der Waals surface area contributed by atoms with Gasteiger partial charge in [-0.3, -0.25) is 19.2 Å². The van der Waals surface area contributed by atoms with Crippen LogP contribution in [0.25, 0.3) is 0 Å². The summed E-state index contributed by atoms with van der Waals surface area (Å²) in [4.78, 5) is 58.3. The van der Waals surface area contributed by atoms with Crippen LogP contribution < -0.4 is 27.4 Å². The predicted molar refractivity (Wildman–Crippen MR) is 99.6 cm³/mol. The van der Waals surface area contributed by atoms with Crippen molar-refractivity contribution < 1.29 is 29.1 Å². The summed E-state index contributed by atoms with van der Waals surface area (Å²) >= 11 is 3.99. The van der Waals surface area contributed by atoms with E-state index in [1.54, 1.807) is 13.8 Å². The number of hydrogen-bond acceptors (Lipinski definition) is 7. The molecule has 0 rings (SSSR count). The molecule has 0 aromatic carbocycles. The highest BCUT2D eigenvalue weighted by atomic mass is 32.1. The summed E-state index contributed by atoms with van der Waals surface area (Å²) in [6.07, 6.45) is -0.389. The standard InChI is InChI=1S/C15H27N5O6S/c1-7(2)3-8(13(23)20-9(15(25)26)4-11(17)21)19-14(24)10(6-27)18-12(22)5-16/h7-10,27H,3-6,16H2,1-2H3,(H2,17,21)(H,18,22)(H,19,24)(H,20,23)(H,25,26). The van der Waals surface area contributed by atoms with E-state index in [0.29, 0.717) is 0 Å². The Morgan fingerprint density at radius 2 is 1.48 bits per heavy atom. The number of carbonyl (C=O) groups excluding carboxylic acids is 4. The lowest BCUT2D eigenvalue weighted by Gasteiger charge is -2.24. The second-order valence-electron chi connectivity index (χ2n) is 6.27. The maximum absolute atomic E-state index is 12.4. The van der Waals surface area contributed by atoms with E-state index in [-0.39, 0.29) is 24.6 Å². The molecular formula is C15H27N5O6S. The van der Waals surface area contributed by atoms with Crippen LogP contribution in [-0.4, -0.2) is 65.1 Å².